The van der Waals surface area contributed by atoms with Crippen LogP contribution in [-0.4, -0.2) is 11.8 Å². The van der Waals surface area contributed by atoms with E-state index in [0.717, 1.165) is 34.3 Å². The zero-order valence-corrected chi connectivity index (χ0v) is 13.2. The number of benzene rings is 1. The van der Waals surface area contributed by atoms with Gasteiger partial charge in [0, 0.05) is 24.9 Å². The molecular formula is C18H23N2O+. The van der Waals surface area contributed by atoms with Crippen molar-refractivity contribution in [2.45, 2.75) is 46.6 Å². The molecule has 0 saturated heterocycles. The molecule has 3 heteroatoms. The summed E-state index contributed by atoms with van der Waals surface area (Å²) < 4.78 is 0. The van der Waals surface area contributed by atoms with Gasteiger partial charge in [-0.1, -0.05) is 26.0 Å². The molecule has 0 bridgehead atoms. The van der Waals surface area contributed by atoms with Gasteiger partial charge in [0.2, 0.25) is 5.52 Å². The molecule has 21 heavy (non-hydrogen) atoms. The van der Waals surface area contributed by atoms with Crippen molar-refractivity contribution in [2.24, 2.45) is 5.41 Å². The number of hydrogen-bond acceptors (Lipinski definition) is 2. The van der Waals surface area contributed by atoms with Crippen LogP contribution in [0.3, 0.4) is 0 Å². The molecule has 0 saturated carbocycles. The zero-order valence-electron chi connectivity index (χ0n) is 13.2. The van der Waals surface area contributed by atoms with E-state index in [1.54, 1.807) is 0 Å². The van der Waals surface area contributed by atoms with Crippen LogP contribution in [0.15, 0.2) is 24.3 Å². The molecule has 110 valence electrons. The third kappa shape index (κ3) is 2.53. The molecule has 1 heterocycles. The normalized spacial score (nSPS) is 17.1. The second-order valence-corrected chi connectivity index (χ2v) is 7.14. The van der Waals surface area contributed by atoms with Crippen LogP contribution in [0.25, 0.3) is 10.9 Å². The Bertz CT molecular complexity index is 716. The van der Waals surface area contributed by atoms with E-state index in [0.29, 0.717) is 12.5 Å². The summed E-state index contributed by atoms with van der Waals surface area (Å²) in [5.41, 5.74) is 4.04. The number of hydrogen-bond donors (Lipinski definition) is 1. The number of H-pyrrole nitrogens is 1. The summed E-state index contributed by atoms with van der Waals surface area (Å²) in [6.45, 7) is 8.53. The molecule has 1 aliphatic rings. The number of carbonyl (C=O) groups is 1. The lowest BCUT2D eigenvalue weighted by Crippen LogP contribution is -2.34. The molecule has 1 aromatic carbocycles. The number of carbonyl (C=O) groups excluding carboxylic acids is 1. The van der Waals surface area contributed by atoms with E-state index < -0.39 is 0 Å². The summed E-state index contributed by atoms with van der Waals surface area (Å²) in [6.07, 6.45) is 1.52. The minimum absolute atomic E-state index is 0.0259. The predicted molar refractivity (Wildman–Crippen MR) is 85.7 cm³/mol. The summed E-state index contributed by atoms with van der Waals surface area (Å²) in [5.74, 6) is 0.242. The van der Waals surface area contributed by atoms with E-state index in [-0.39, 0.29) is 11.2 Å². The number of anilines is 1. The zero-order chi connectivity index (χ0) is 15.2. The Morgan fingerprint density at radius 3 is 2.62 bits per heavy atom. The summed E-state index contributed by atoms with van der Waals surface area (Å²) in [4.78, 5) is 16.2. The maximum Gasteiger partial charge on any atom is 0.213 e. The number of aromatic nitrogens is 1. The van der Waals surface area contributed by atoms with Gasteiger partial charge in [-0.2, -0.15) is 0 Å². The highest BCUT2D eigenvalue weighted by Crippen LogP contribution is 2.38. The van der Waals surface area contributed by atoms with Gasteiger partial charge >= 0.3 is 0 Å². The van der Waals surface area contributed by atoms with Gasteiger partial charge < -0.3 is 5.32 Å². The molecule has 2 N–H and O–H groups in total. The highest BCUT2D eigenvalue weighted by Gasteiger charge is 2.37. The maximum atomic E-state index is 12.7. The Labute approximate surface area is 125 Å². The number of fused-ring (bicyclic) bond motifs is 2. The monoisotopic (exact) mass is 283 g/mol. The molecule has 3 nitrogen and oxygen atoms in total. The Morgan fingerprint density at radius 1 is 1.19 bits per heavy atom. The highest BCUT2D eigenvalue weighted by molar-refractivity contribution is 6.09. The van der Waals surface area contributed by atoms with Crippen molar-refractivity contribution >= 4 is 22.4 Å². The van der Waals surface area contributed by atoms with E-state index in [1.807, 2.05) is 12.1 Å². The number of nitrogens with one attached hydrogen (secondary N) is 2. The second-order valence-electron chi connectivity index (χ2n) is 7.14. The summed E-state index contributed by atoms with van der Waals surface area (Å²) in [6, 6.07) is 8.49. The molecule has 0 unspecified atom stereocenters. The summed E-state index contributed by atoms with van der Waals surface area (Å²) in [5, 5.41) is 4.59. The van der Waals surface area contributed by atoms with Crippen LogP contribution in [0, 0.1) is 5.41 Å². The van der Waals surface area contributed by atoms with Crippen LogP contribution in [0.2, 0.25) is 0 Å². The fourth-order valence-corrected chi connectivity index (χ4v) is 3.26. The number of rotatable bonds is 2. The van der Waals surface area contributed by atoms with Crippen molar-refractivity contribution < 1.29 is 9.78 Å². The van der Waals surface area contributed by atoms with E-state index in [4.69, 9.17) is 0 Å². The number of Topliss-reactive ketones (excluding diaryl/α,β-unsaturated/α-hetero) is 1. The van der Waals surface area contributed by atoms with Gasteiger partial charge in [-0.15, -0.1) is 0 Å². The Morgan fingerprint density at radius 2 is 1.90 bits per heavy atom. The molecule has 0 radical (unpaired) electrons. The molecule has 1 aliphatic carbocycles. The minimum Gasteiger partial charge on any atom is -0.381 e. The van der Waals surface area contributed by atoms with Crippen molar-refractivity contribution in [1.29, 1.82) is 0 Å². The van der Waals surface area contributed by atoms with Crippen molar-refractivity contribution in [3.8, 4) is 0 Å². The van der Waals surface area contributed by atoms with E-state index in [2.05, 4.69) is 50.1 Å². The maximum absolute atomic E-state index is 12.7. The van der Waals surface area contributed by atoms with Crippen LogP contribution < -0.4 is 10.3 Å². The van der Waals surface area contributed by atoms with Crippen LogP contribution in [0.5, 0.6) is 0 Å². The Hall–Kier alpha value is -1.90. The fraction of sp³-hybridized carbons (Fsp3) is 0.444. The van der Waals surface area contributed by atoms with Crippen molar-refractivity contribution in [1.82, 2.24) is 0 Å². The third-order valence-corrected chi connectivity index (χ3v) is 4.04. The van der Waals surface area contributed by atoms with Crippen molar-refractivity contribution in [2.75, 3.05) is 5.32 Å². The number of aromatic amines is 1. The first-order valence-corrected chi connectivity index (χ1v) is 7.64. The quantitative estimate of drug-likeness (QED) is 0.914. The number of para-hydroxylation sites is 1. The number of pyridine rings is 1. The first kappa shape index (κ1) is 14.1. The number of ketones is 1. The third-order valence-electron chi connectivity index (χ3n) is 4.04. The molecule has 0 amide bonds. The van der Waals surface area contributed by atoms with Crippen molar-refractivity contribution in [3.63, 3.8) is 0 Å². The van der Waals surface area contributed by atoms with Gasteiger partial charge in [-0.05, 0) is 25.3 Å². The Kier molecular flexibility index (Phi) is 3.23. The van der Waals surface area contributed by atoms with E-state index in [9.17, 15) is 4.79 Å². The molecule has 3 rings (SSSR count). The van der Waals surface area contributed by atoms with Gasteiger partial charge in [-0.25, -0.2) is 4.98 Å². The predicted octanol–water partition coefficient (Wildman–Crippen LogP) is 3.63. The van der Waals surface area contributed by atoms with E-state index in [1.165, 1.54) is 0 Å². The van der Waals surface area contributed by atoms with Gasteiger partial charge in [0.05, 0.1) is 11.1 Å². The first-order valence-electron chi connectivity index (χ1n) is 7.64. The molecule has 0 aliphatic heterocycles. The Balaban J connectivity index is 2.30. The molecule has 0 atom stereocenters. The topological polar surface area (TPSA) is 43.2 Å². The molecule has 1 aromatic heterocycles. The fourth-order valence-electron chi connectivity index (χ4n) is 3.26. The van der Waals surface area contributed by atoms with Crippen LogP contribution in [-0.2, 0) is 6.42 Å². The lowest BCUT2D eigenvalue weighted by molar-refractivity contribution is -0.360. The van der Waals surface area contributed by atoms with E-state index >= 15 is 0 Å². The van der Waals surface area contributed by atoms with Crippen molar-refractivity contribution in [3.05, 3.63) is 35.5 Å². The second kappa shape index (κ2) is 4.83. The largest absolute Gasteiger partial charge is 0.381 e. The molecule has 2 aromatic rings. The smallest absolute Gasteiger partial charge is 0.213 e. The summed E-state index contributed by atoms with van der Waals surface area (Å²) >= 11 is 0. The summed E-state index contributed by atoms with van der Waals surface area (Å²) in [7, 11) is 0. The van der Waals surface area contributed by atoms with Gasteiger partial charge in [0.1, 0.15) is 5.56 Å². The first-order chi connectivity index (χ1) is 9.87. The van der Waals surface area contributed by atoms with Gasteiger partial charge in [0.15, 0.2) is 11.5 Å². The lowest BCUT2D eigenvalue weighted by atomic mass is 9.75. The average molecular weight is 283 g/mol. The van der Waals surface area contributed by atoms with Crippen LogP contribution >= 0.6 is 0 Å². The van der Waals surface area contributed by atoms with Crippen LogP contribution in [0.4, 0.5) is 5.69 Å². The average Bonchev–Trinajstić information content (AvgIpc) is 2.35. The van der Waals surface area contributed by atoms with Gasteiger partial charge in [0.25, 0.3) is 0 Å². The minimum atomic E-state index is 0.0259. The lowest BCUT2D eigenvalue weighted by Gasteiger charge is -2.28. The highest BCUT2D eigenvalue weighted by atomic mass is 16.1. The molecule has 0 spiro atoms. The molecular weight excluding hydrogens is 260 g/mol. The SMILES string of the molecule is CC(C)Nc1c2c([nH+]c3ccccc13)CC(C)(C)CC2=O. The standard InChI is InChI=1S/C18H22N2O/c1-11(2)19-17-12-7-5-6-8-13(12)20-14-9-18(3,4)10-15(21)16(14)17/h5-8,11H,9-10H2,1-4H3,(H,19,20)/p+1. The van der Waals surface area contributed by atoms with Crippen LogP contribution in [0.1, 0.15) is 50.2 Å². The molecule has 0 fully saturated rings. The van der Waals surface area contributed by atoms with Gasteiger partial charge in [-0.3, -0.25) is 4.79 Å².